The van der Waals surface area contributed by atoms with Crippen LogP contribution >= 0.6 is 0 Å². The van der Waals surface area contributed by atoms with Gasteiger partial charge in [-0.1, -0.05) is 18.2 Å². The minimum atomic E-state index is -2.74. The lowest BCUT2D eigenvalue weighted by atomic mass is 9.52. The molecule has 2 fully saturated rings. The lowest BCUT2D eigenvalue weighted by molar-refractivity contribution is -0.181. The highest BCUT2D eigenvalue weighted by Crippen LogP contribution is 2.51. The molecule has 0 radical (unpaired) electrons. The molecule has 1 aromatic heterocycles. The number of methoxy groups -OCH3 is 1. The first-order valence-electron chi connectivity index (χ1n) is 14.6. The molecule has 234 valence electrons. The monoisotopic (exact) mass is 614 g/mol. The Morgan fingerprint density at radius 1 is 1.11 bits per heavy atom. The molecule has 1 heterocycles. The quantitative estimate of drug-likeness (QED) is 0.386. The minimum absolute atomic E-state index is 0.0259. The van der Waals surface area contributed by atoms with E-state index in [0.717, 1.165) is 5.56 Å². The lowest BCUT2D eigenvalue weighted by Gasteiger charge is -2.52. The maximum atomic E-state index is 14.4. The van der Waals surface area contributed by atoms with Crippen molar-refractivity contribution >= 4 is 58.0 Å². The number of hydrogen-bond donors (Lipinski definition) is 2. The molecule has 0 bridgehead atoms. The Balaban J connectivity index is 1.48. The summed E-state index contributed by atoms with van der Waals surface area (Å²) in [5, 5.41) is 11.9. The van der Waals surface area contributed by atoms with Crippen LogP contribution in [-0.2, 0) is 25.6 Å². The van der Waals surface area contributed by atoms with E-state index in [9.17, 15) is 29.1 Å². The van der Waals surface area contributed by atoms with E-state index in [1.54, 1.807) is 33.4 Å². The fraction of sp³-hybridized carbons (Fsp3) is 0.394. The van der Waals surface area contributed by atoms with Crippen molar-refractivity contribution in [3.63, 3.8) is 0 Å². The predicted molar refractivity (Wildman–Crippen MR) is 164 cm³/mol. The van der Waals surface area contributed by atoms with Crippen molar-refractivity contribution in [1.82, 2.24) is 9.88 Å². The zero-order valence-electron chi connectivity index (χ0n) is 25.6. The van der Waals surface area contributed by atoms with E-state index < -0.39 is 64.4 Å². The van der Waals surface area contributed by atoms with Crippen LogP contribution in [0.1, 0.15) is 33.8 Å². The smallest absolute Gasteiger partial charge is 0.235 e. The van der Waals surface area contributed by atoms with Crippen LogP contribution in [0.25, 0.3) is 23.3 Å². The number of fused-ring (bicyclic) bond motifs is 5. The van der Waals surface area contributed by atoms with Gasteiger partial charge in [0, 0.05) is 37.3 Å². The number of primary amides is 1. The van der Waals surface area contributed by atoms with E-state index in [4.69, 9.17) is 14.9 Å². The number of rotatable bonds is 6. The number of carbonyl (C=O) groups is 5. The third-order valence-corrected chi connectivity index (χ3v) is 9.46. The van der Waals surface area contributed by atoms with Crippen molar-refractivity contribution in [3.05, 3.63) is 52.9 Å². The van der Waals surface area contributed by atoms with Crippen molar-refractivity contribution in [2.24, 2.45) is 29.4 Å². The van der Waals surface area contributed by atoms with E-state index in [-0.39, 0.29) is 29.9 Å². The van der Waals surface area contributed by atoms with E-state index >= 15 is 0 Å². The second kappa shape index (κ2) is 10.7. The second-order valence-corrected chi connectivity index (χ2v) is 12.4. The summed E-state index contributed by atoms with van der Waals surface area (Å²) in [5.74, 6) is -9.18. The van der Waals surface area contributed by atoms with Gasteiger partial charge in [-0.25, -0.2) is 4.98 Å². The third-order valence-electron chi connectivity index (χ3n) is 9.46. The maximum Gasteiger partial charge on any atom is 0.235 e. The topological polar surface area (TPSA) is 173 Å². The Hall–Kier alpha value is -4.68. The molecule has 3 aromatic rings. The van der Waals surface area contributed by atoms with E-state index in [2.05, 4.69) is 4.98 Å². The number of aliphatic hydroxyl groups is 1. The molecule has 6 rings (SSSR count). The Morgan fingerprint density at radius 2 is 1.82 bits per heavy atom. The van der Waals surface area contributed by atoms with Crippen LogP contribution in [0.5, 0.6) is 5.75 Å². The number of nitrogens with two attached hydrogens (primary N) is 1. The molecule has 2 unspecified atom stereocenters. The van der Waals surface area contributed by atoms with E-state index in [0.29, 0.717) is 22.5 Å². The Labute approximate surface area is 258 Å². The number of oxazole rings is 1. The summed E-state index contributed by atoms with van der Waals surface area (Å²) in [6.45, 7) is 0. The van der Waals surface area contributed by atoms with Crippen LogP contribution in [0.2, 0.25) is 0 Å². The summed E-state index contributed by atoms with van der Waals surface area (Å²) >= 11 is 0. The summed E-state index contributed by atoms with van der Waals surface area (Å²) in [4.78, 5) is 75.7. The van der Waals surface area contributed by atoms with Gasteiger partial charge in [-0.15, -0.1) is 0 Å². The molecule has 2 saturated carbocycles. The zero-order valence-corrected chi connectivity index (χ0v) is 25.6. The van der Waals surface area contributed by atoms with Crippen LogP contribution in [0.4, 0.5) is 5.69 Å². The van der Waals surface area contributed by atoms with Gasteiger partial charge in [-0.05, 0) is 56.6 Å². The number of hydrogen-bond acceptors (Lipinski definition) is 11. The molecule has 12 nitrogen and oxygen atoms in total. The average molecular weight is 615 g/mol. The predicted octanol–water partition coefficient (Wildman–Crippen LogP) is 1.55. The normalized spacial score (nSPS) is 27.9. The molecular weight excluding hydrogens is 580 g/mol. The molecule has 0 saturated heterocycles. The van der Waals surface area contributed by atoms with Gasteiger partial charge >= 0.3 is 0 Å². The molecule has 0 aliphatic heterocycles. The number of carbonyl (C=O) groups excluding carboxylic acids is 5. The largest absolute Gasteiger partial charge is 0.496 e. The number of anilines is 1. The third kappa shape index (κ3) is 4.42. The fourth-order valence-corrected chi connectivity index (χ4v) is 7.49. The number of benzene rings is 2. The van der Waals surface area contributed by atoms with Gasteiger partial charge < -0.3 is 24.9 Å². The first-order valence-corrected chi connectivity index (χ1v) is 14.6. The van der Waals surface area contributed by atoms with Crippen LogP contribution in [0.3, 0.4) is 0 Å². The summed E-state index contributed by atoms with van der Waals surface area (Å²) in [6, 6.07) is 8.09. The highest BCUT2D eigenvalue weighted by molar-refractivity contribution is 6.32. The fourth-order valence-electron chi connectivity index (χ4n) is 7.49. The van der Waals surface area contributed by atoms with Crippen molar-refractivity contribution in [1.29, 1.82) is 0 Å². The number of likely N-dealkylation sites (N-methyl/N-ethyl adjacent to an activating group) is 1. The van der Waals surface area contributed by atoms with Crippen LogP contribution < -0.4 is 15.4 Å². The van der Waals surface area contributed by atoms with Gasteiger partial charge in [0.25, 0.3) is 0 Å². The zero-order chi connectivity index (χ0) is 32.5. The van der Waals surface area contributed by atoms with Crippen molar-refractivity contribution < 1.29 is 38.2 Å². The van der Waals surface area contributed by atoms with Crippen LogP contribution in [0.15, 0.2) is 34.7 Å². The minimum Gasteiger partial charge on any atom is -0.496 e. The molecule has 3 aliphatic carbocycles. The van der Waals surface area contributed by atoms with Gasteiger partial charge in [-0.3, -0.25) is 28.9 Å². The summed E-state index contributed by atoms with van der Waals surface area (Å²) in [7, 11) is 8.36. The standard InChI is InChI=1S/C33H34N4O8/c1-36(2)20-14-19-29(45-22(35-19)11-10-15-8-6-7-9-21(15)44-5)24-17(20)12-16-13-18-26(37(3)4)28(39)25(32(34)42)31(41)33(18,43)30(40)23(16)27(24)38/h6-11,14,16,18,23,25-26,43H,12-13H2,1-5H3,(H2,34,42)/t16-,18-,23?,25?,26-,33-/m0/s1. The van der Waals surface area contributed by atoms with Gasteiger partial charge in [0.1, 0.15) is 11.3 Å². The number of ketones is 4. The lowest BCUT2D eigenvalue weighted by Crippen LogP contribution is -2.74. The molecular formula is C33H34N4O8. The molecule has 3 aliphatic rings. The Bertz CT molecular complexity index is 1820. The maximum absolute atomic E-state index is 14.4. The first-order chi connectivity index (χ1) is 21.3. The molecule has 45 heavy (non-hydrogen) atoms. The number of aromatic nitrogens is 1. The average Bonchev–Trinajstić information content (AvgIpc) is 3.40. The SMILES string of the molecule is COc1ccccc1C=Cc1nc2cc(N(C)C)c3c(c2o1)C(=O)C1C(=O)[C@]2(O)C(=O)C(C(N)=O)C(=O)[C@@H](N(C)C)[C@@H]2C[C@@H]1C3. The van der Waals surface area contributed by atoms with Crippen molar-refractivity contribution in [2.75, 3.05) is 40.2 Å². The number of ether oxygens (including phenoxy) is 1. The van der Waals surface area contributed by atoms with Gasteiger partial charge in [0.05, 0.1) is 24.6 Å². The molecule has 1 amide bonds. The van der Waals surface area contributed by atoms with E-state index in [1.807, 2.05) is 49.3 Å². The second-order valence-electron chi connectivity index (χ2n) is 12.4. The molecule has 12 heteroatoms. The highest BCUT2D eigenvalue weighted by Gasteiger charge is 2.69. The van der Waals surface area contributed by atoms with E-state index in [1.165, 1.54) is 4.90 Å². The van der Waals surface area contributed by atoms with Gasteiger partial charge in [0.15, 0.2) is 40.2 Å². The number of nitrogens with zero attached hydrogens (tertiary/aromatic N) is 3. The van der Waals surface area contributed by atoms with Gasteiger partial charge in [-0.2, -0.15) is 0 Å². The highest BCUT2D eigenvalue weighted by atomic mass is 16.5. The Kier molecular flexibility index (Phi) is 7.24. The molecule has 3 N–H and O–H groups in total. The molecule has 0 spiro atoms. The molecule has 2 aromatic carbocycles. The number of amides is 1. The summed E-state index contributed by atoms with van der Waals surface area (Å²) < 4.78 is 11.5. The van der Waals surface area contributed by atoms with Crippen LogP contribution in [0, 0.1) is 23.7 Å². The molecule has 6 atom stereocenters. The van der Waals surface area contributed by atoms with Crippen molar-refractivity contribution in [3.8, 4) is 5.75 Å². The van der Waals surface area contributed by atoms with Crippen molar-refractivity contribution in [2.45, 2.75) is 24.5 Å². The summed E-state index contributed by atoms with van der Waals surface area (Å²) in [6.07, 6.45) is 3.70. The van der Waals surface area contributed by atoms with Gasteiger partial charge in [0.2, 0.25) is 11.8 Å². The summed E-state index contributed by atoms with van der Waals surface area (Å²) in [5.41, 5.74) is 5.57. The number of Topliss-reactive ketones (excluding diaryl/α,β-unsaturated/α-hetero) is 4. The number of para-hydroxylation sites is 1. The Morgan fingerprint density at radius 3 is 2.47 bits per heavy atom. The van der Waals surface area contributed by atoms with Crippen LogP contribution in [-0.4, -0.2) is 91.0 Å². The first kappa shape index (κ1) is 30.4.